The average Bonchev–Trinajstić information content (AvgIpc) is 3.26. The molecule has 1 unspecified atom stereocenters. The number of nitrogens with zero attached hydrogens (tertiary/aromatic N) is 2. The zero-order valence-electron chi connectivity index (χ0n) is 13.4. The number of likely N-dealkylation sites (tertiary alicyclic amines) is 1. The van der Waals surface area contributed by atoms with E-state index in [-0.39, 0.29) is 17.5 Å². The first kappa shape index (κ1) is 17.1. The molecule has 1 saturated heterocycles. The van der Waals surface area contributed by atoms with Crippen molar-refractivity contribution >= 4 is 34.5 Å². The van der Waals surface area contributed by atoms with Crippen molar-refractivity contribution in [2.24, 2.45) is 0 Å². The van der Waals surface area contributed by atoms with Crippen LogP contribution in [0.1, 0.15) is 17.7 Å². The summed E-state index contributed by atoms with van der Waals surface area (Å²) in [7, 11) is 0. The Labute approximate surface area is 148 Å². The lowest BCUT2D eigenvalue weighted by atomic mass is 10.2. The van der Waals surface area contributed by atoms with Crippen LogP contribution in [0.25, 0.3) is 0 Å². The van der Waals surface area contributed by atoms with Gasteiger partial charge in [0, 0.05) is 29.2 Å². The number of hydrogen-bond acceptors (Lipinski definition) is 5. The van der Waals surface area contributed by atoms with Gasteiger partial charge in [0.25, 0.3) is 5.69 Å². The van der Waals surface area contributed by atoms with Crippen molar-refractivity contribution in [2.45, 2.75) is 25.3 Å². The fourth-order valence-corrected chi connectivity index (χ4v) is 3.59. The lowest BCUT2D eigenvalue weighted by molar-refractivity contribution is -0.384. The van der Waals surface area contributed by atoms with E-state index in [2.05, 4.69) is 5.32 Å². The standard InChI is InChI=1S/C17H17N3O4S/c21-16(11-14-3-2-10-25-14)19-9-1-4-15(19)17(22)18-12-5-7-13(8-6-12)20(23)24/h2-3,5-8,10,15H,1,4,9,11H2,(H,18,22). The number of amides is 2. The summed E-state index contributed by atoms with van der Waals surface area (Å²) in [6, 6.07) is 8.96. The molecule has 2 aromatic rings. The molecule has 2 amide bonds. The molecule has 2 heterocycles. The van der Waals surface area contributed by atoms with Gasteiger partial charge in [0.05, 0.1) is 11.3 Å². The second-order valence-corrected chi connectivity index (χ2v) is 6.83. The molecule has 7 nitrogen and oxygen atoms in total. The van der Waals surface area contributed by atoms with E-state index in [0.29, 0.717) is 25.1 Å². The third kappa shape index (κ3) is 4.03. The lowest BCUT2D eigenvalue weighted by Crippen LogP contribution is -2.43. The highest BCUT2D eigenvalue weighted by atomic mass is 32.1. The molecule has 1 aromatic carbocycles. The topological polar surface area (TPSA) is 92.5 Å². The van der Waals surface area contributed by atoms with Crippen molar-refractivity contribution in [2.75, 3.05) is 11.9 Å². The van der Waals surface area contributed by atoms with Gasteiger partial charge >= 0.3 is 0 Å². The van der Waals surface area contributed by atoms with Gasteiger partial charge < -0.3 is 10.2 Å². The molecule has 1 fully saturated rings. The van der Waals surface area contributed by atoms with Crippen LogP contribution in [0.15, 0.2) is 41.8 Å². The minimum absolute atomic E-state index is 0.0355. The average molecular weight is 359 g/mol. The summed E-state index contributed by atoms with van der Waals surface area (Å²) < 4.78 is 0. The van der Waals surface area contributed by atoms with Gasteiger partial charge in [0.1, 0.15) is 6.04 Å². The number of thiophene rings is 1. The smallest absolute Gasteiger partial charge is 0.269 e. The third-order valence-corrected chi connectivity index (χ3v) is 5.00. The fourth-order valence-electron chi connectivity index (χ4n) is 2.89. The van der Waals surface area contributed by atoms with E-state index >= 15 is 0 Å². The molecule has 1 aromatic heterocycles. The van der Waals surface area contributed by atoms with Crippen LogP contribution < -0.4 is 5.32 Å². The second kappa shape index (κ2) is 7.43. The molecule has 0 bridgehead atoms. The van der Waals surface area contributed by atoms with Gasteiger partial charge in [-0.2, -0.15) is 0 Å². The van der Waals surface area contributed by atoms with Gasteiger partial charge in [-0.15, -0.1) is 11.3 Å². The van der Waals surface area contributed by atoms with E-state index in [0.717, 1.165) is 11.3 Å². The predicted molar refractivity (Wildman–Crippen MR) is 94.5 cm³/mol. The minimum Gasteiger partial charge on any atom is -0.330 e. The third-order valence-electron chi connectivity index (χ3n) is 4.13. The van der Waals surface area contributed by atoms with Crippen molar-refractivity contribution in [1.82, 2.24) is 4.90 Å². The molecule has 1 N–H and O–H groups in total. The number of anilines is 1. The molecule has 1 aliphatic heterocycles. The molecular formula is C17H17N3O4S. The largest absolute Gasteiger partial charge is 0.330 e. The summed E-state index contributed by atoms with van der Waals surface area (Å²) >= 11 is 1.52. The number of carbonyl (C=O) groups excluding carboxylic acids is 2. The number of nitro benzene ring substituents is 1. The summed E-state index contributed by atoms with van der Waals surface area (Å²) in [5.41, 5.74) is 0.444. The Hall–Kier alpha value is -2.74. The van der Waals surface area contributed by atoms with E-state index < -0.39 is 11.0 Å². The molecule has 130 valence electrons. The van der Waals surface area contributed by atoms with Crippen LogP contribution in [0.4, 0.5) is 11.4 Å². The Bertz CT molecular complexity index is 774. The molecule has 0 saturated carbocycles. The number of rotatable bonds is 5. The number of nitrogens with one attached hydrogen (secondary N) is 1. The van der Waals surface area contributed by atoms with Crippen LogP contribution in [0, 0.1) is 10.1 Å². The molecule has 3 rings (SSSR count). The highest BCUT2D eigenvalue weighted by Crippen LogP contribution is 2.22. The van der Waals surface area contributed by atoms with Gasteiger partial charge in [-0.05, 0) is 36.4 Å². The van der Waals surface area contributed by atoms with Crippen molar-refractivity contribution in [1.29, 1.82) is 0 Å². The van der Waals surface area contributed by atoms with Crippen LogP contribution >= 0.6 is 11.3 Å². The maximum Gasteiger partial charge on any atom is 0.269 e. The van der Waals surface area contributed by atoms with E-state index in [4.69, 9.17) is 0 Å². The van der Waals surface area contributed by atoms with Crippen LogP contribution in [-0.2, 0) is 16.0 Å². The lowest BCUT2D eigenvalue weighted by Gasteiger charge is -2.23. The highest BCUT2D eigenvalue weighted by molar-refractivity contribution is 7.10. The van der Waals surface area contributed by atoms with Gasteiger partial charge in [-0.1, -0.05) is 6.07 Å². The summed E-state index contributed by atoms with van der Waals surface area (Å²) in [6.07, 6.45) is 1.71. The maximum absolute atomic E-state index is 12.5. The van der Waals surface area contributed by atoms with Crippen LogP contribution in [0.5, 0.6) is 0 Å². The summed E-state index contributed by atoms with van der Waals surface area (Å²) in [6.45, 7) is 0.572. The van der Waals surface area contributed by atoms with Crippen molar-refractivity contribution in [3.63, 3.8) is 0 Å². The molecule has 0 aliphatic carbocycles. The fraction of sp³-hybridized carbons (Fsp3) is 0.294. The molecule has 25 heavy (non-hydrogen) atoms. The Kier molecular flexibility index (Phi) is 5.08. The van der Waals surface area contributed by atoms with Gasteiger partial charge in [0.15, 0.2) is 0 Å². The predicted octanol–water partition coefficient (Wildman–Crippen LogP) is 2.83. The number of hydrogen-bond donors (Lipinski definition) is 1. The zero-order chi connectivity index (χ0) is 17.8. The quantitative estimate of drug-likeness (QED) is 0.656. The van der Waals surface area contributed by atoms with E-state index in [9.17, 15) is 19.7 Å². The van der Waals surface area contributed by atoms with E-state index in [1.54, 1.807) is 4.90 Å². The molecule has 1 aliphatic rings. The Morgan fingerprint density at radius 2 is 2.04 bits per heavy atom. The second-order valence-electron chi connectivity index (χ2n) is 5.79. The normalized spacial score (nSPS) is 16.6. The van der Waals surface area contributed by atoms with E-state index in [1.165, 1.54) is 35.6 Å². The SMILES string of the molecule is O=C(Nc1ccc([N+](=O)[O-])cc1)C1CCCN1C(=O)Cc1cccs1. The summed E-state index contributed by atoms with van der Waals surface area (Å²) in [4.78, 5) is 37.8. The Balaban J connectivity index is 1.64. The number of non-ortho nitro benzene ring substituents is 1. The van der Waals surface area contributed by atoms with Crippen molar-refractivity contribution in [3.05, 3.63) is 56.8 Å². The molecule has 1 atom stereocenters. The van der Waals surface area contributed by atoms with Crippen LogP contribution in [-0.4, -0.2) is 34.2 Å². The number of nitro groups is 1. The molecule has 0 radical (unpaired) electrons. The summed E-state index contributed by atoms with van der Waals surface area (Å²) in [5.74, 6) is -0.310. The Morgan fingerprint density at radius 1 is 1.28 bits per heavy atom. The first-order chi connectivity index (χ1) is 12.0. The Morgan fingerprint density at radius 3 is 2.68 bits per heavy atom. The van der Waals surface area contributed by atoms with Gasteiger partial charge in [-0.25, -0.2) is 0 Å². The first-order valence-corrected chi connectivity index (χ1v) is 8.80. The van der Waals surface area contributed by atoms with Crippen LogP contribution in [0.3, 0.4) is 0 Å². The highest BCUT2D eigenvalue weighted by Gasteiger charge is 2.34. The molecular weight excluding hydrogens is 342 g/mol. The number of carbonyl (C=O) groups is 2. The number of benzene rings is 1. The van der Waals surface area contributed by atoms with Crippen molar-refractivity contribution < 1.29 is 14.5 Å². The molecule has 8 heteroatoms. The van der Waals surface area contributed by atoms with Crippen LogP contribution in [0.2, 0.25) is 0 Å². The first-order valence-electron chi connectivity index (χ1n) is 7.92. The van der Waals surface area contributed by atoms with Gasteiger partial charge in [-0.3, -0.25) is 19.7 Å². The molecule has 0 spiro atoms. The maximum atomic E-state index is 12.5. The minimum atomic E-state index is -0.498. The summed E-state index contributed by atoms with van der Waals surface area (Å²) in [5, 5.41) is 15.3. The van der Waals surface area contributed by atoms with E-state index in [1.807, 2.05) is 17.5 Å². The van der Waals surface area contributed by atoms with Crippen molar-refractivity contribution in [3.8, 4) is 0 Å². The monoisotopic (exact) mass is 359 g/mol. The zero-order valence-corrected chi connectivity index (χ0v) is 14.2. The van der Waals surface area contributed by atoms with Gasteiger partial charge in [0.2, 0.25) is 11.8 Å².